The van der Waals surface area contributed by atoms with E-state index in [0.29, 0.717) is 19.1 Å². The second-order valence-electron chi connectivity index (χ2n) is 5.78. The molecule has 1 fully saturated rings. The monoisotopic (exact) mass is 425 g/mol. The molecule has 4 nitrogen and oxygen atoms in total. The van der Waals surface area contributed by atoms with Gasteiger partial charge in [-0.3, -0.25) is 4.99 Å². The molecular weight excluding hydrogens is 401 g/mol. The predicted molar refractivity (Wildman–Crippen MR) is 107 cm³/mol. The summed E-state index contributed by atoms with van der Waals surface area (Å²) in [6, 6.07) is 14.3. The molecule has 0 aliphatic heterocycles. The van der Waals surface area contributed by atoms with Crippen molar-refractivity contribution in [3.05, 3.63) is 42.5 Å². The molecule has 3 rings (SSSR count). The summed E-state index contributed by atoms with van der Waals surface area (Å²) in [5.41, 5.74) is 5.85. The molecule has 2 aromatic carbocycles. The Morgan fingerprint density at radius 1 is 1.17 bits per heavy atom. The summed E-state index contributed by atoms with van der Waals surface area (Å²) in [5.74, 6) is 2.17. The summed E-state index contributed by atoms with van der Waals surface area (Å²) in [6.45, 7) is 2.07. The van der Waals surface area contributed by atoms with Gasteiger partial charge in [0, 0.05) is 11.9 Å². The molecule has 124 valence electrons. The van der Waals surface area contributed by atoms with E-state index in [9.17, 15) is 0 Å². The van der Waals surface area contributed by atoms with Gasteiger partial charge in [0.2, 0.25) is 0 Å². The minimum absolute atomic E-state index is 0. The molecule has 0 spiro atoms. The molecule has 0 atom stereocenters. The van der Waals surface area contributed by atoms with Gasteiger partial charge in [0.15, 0.2) is 5.96 Å². The summed E-state index contributed by atoms with van der Waals surface area (Å²) >= 11 is 0. The molecule has 3 N–H and O–H groups in total. The van der Waals surface area contributed by atoms with E-state index in [1.165, 1.54) is 24.6 Å². The summed E-state index contributed by atoms with van der Waals surface area (Å²) in [6.07, 6.45) is 3.92. The number of guanidine groups is 1. The Balaban J connectivity index is 0.00000192. The Labute approximate surface area is 154 Å². The topological polar surface area (TPSA) is 59.6 Å². The van der Waals surface area contributed by atoms with Gasteiger partial charge in [0.05, 0.1) is 6.54 Å². The van der Waals surface area contributed by atoms with Gasteiger partial charge in [0.25, 0.3) is 0 Å². The first-order valence-corrected chi connectivity index (χ1v) is 7.97. The van der Waals surface area contributed by atoms with E-state index in [2.05, 4.69) is 28.5 Å². The Kier molecular flexibility index (Phi) is 6.95. The lowest BCUT2D eigenvalue weighted by Crippen LogP contribution is -2.35. The maximum Gasteiger partial charge on any atom is 0.188 e. The van der Waals surface area contributed by atoms with Crippen LogP contribution in [0.15, 0.2) is 47.5 Å². The number of nitrogens with two attached hydrogens (primary N) is 1. The van der Waals surface area contributed by atoms with Crippen molar-refractivity contribution in [3.63, 3.8) is 0 Å². The predicted octanol–water partition coefficient (Wildman–Crippen LogP) is 3.54. The van der Waals surface area contributed by atoms with Crippen molar-refractivity contribution < 1.29 is 4.74 Å². The molecule has 23 heavy (non-hydrogen) atoms. The normalized spacial score (nSPS) is 14.9. The van der Waals surface area contributed by atoms with Crippen LogP contribution in [0.1, 0.15) is 19.3 Å². The number of nitrogens with zero attached hydrogens (tertiary/aromatic N) is 1. The van der Waals surface area contributed by atoms with Crippen LogP contribution in [0, 0.1) is 5.92 Å². The quantitative estimate of drug-likeness (QED) is 0.322. The highest BCUT2D eigenvalue weighted by Crippen LogP contribution is 2.26. The van der Waals surface area contributed by atoms with Crippen LogP contribution in [0.3, 0.4) is 0 Å². The van der Waals surface area contributed by atoms with Crippen LogP contribution in [-0.2, 0) is 0 Å². The number of aliphatic imine (C=N–C) groups is 1. The first-order chi connectivity index (χ1) is 10.8. The molecule has 1 aliphatic carbocycles. The highest BCUT2D eigenvalue weighted by molar-refractivity contribution is 14.0. The Bertz CT molecular complexity index is 650. The molecular formula is C18H24IN3O. The van der Waals surface area contributed by atoms with Crippen LogP contribution in [0.2, 0.25) is 0 Å². The minimum Gasteiger partial charge on any atom is -0.491 e. The Morgan fingerprint density at radius 2 is 1.96 bits per heavy atom. The van der Waals surface area contributed by atoms with Gasteiger partial charge in [-0.25, -0.2) is 0 Å². The number of rotatable bonds is 6. The van der Waals surface area contributed by atoms with E-state index < -0.39 is 0 Å². The molecule has 0 aromatic heterocycles. The van der Waals surface area contributed by atoms with Gasteiger partial charge in [-0.05, 0) is 30.2 Å². The molecule has 1 saturated carbocycles. The average molecular weight is 425 g/mol. The van der Waals surface area contributed by atoms with Crippen molar-refractivity contribution in [1.82, 2.24) is 5.32 Å². The standard InChI is InChI=1S/C18H23N3O.HI/c19-18(21-13-14-5-3-6-14)20-11-12-22-17-10-4-8-15-7-1-2-9-16(15)17;/h1-2,4,7-10,14H,3,5-6,11-13H2,(H3,19,20,21);1H. The number of ether oxygens (including phenoxy) is 1. The van der Waals surface area contributed by atoms with Crippen molar-refractivity contribution in [1.29, 1.82) is 0 Å². The number of hydrogen-bond donors (Lipinski definition) is 2. The van der Waals surface area contributed by atoms with Gasteiger partial charge >= 0.3 is 0 Å². The van der Waals surface area contributed by atoms with E-state index in [1.54, 1.807) is 0 Å². The summed E-state index contributed by atoms with van der Waals surface area (Å²) < 4.78 is 5.85. The van der Waals surface area contributed by atoms with Gasteiger partial charge in [0.1, 0.15) is 12.4 Å². The Morgan fingerprint density at radius 3 is 2.74 bits per heavy atom. The average Bonchev–Trinajstić information content (AvgIpc) is 2.50. The zero-order valence-electron chi connectivity index (χ0n) is 13.2. The first-order valence-electron chi connectivity index (χ1n) is 7.97. The maximum absolute atomic E-state index is 5.85. The van der Waals surface area contributed by atoms with Crippen LogP contribution in [0.5, 0.6) is 5.75 Å². The molecule has 0 saturated heterocycles. The third kappa shape index (κ3) is 4.99. The summed E-state index contributed by atoms with van der Waals surface area (Å²) in [7, 11) is 0. The van der Waals surface area contributed by atoms with Crippen molar-refractivity contribution in [2.24, 2.45) is 16.6 Å². The van der Waals surface area contributed by atoms with E-state index in [-0.39, 0.29) is 24.0 Å². The maximum atomic E-state index is 5.85. The van der Waals surface area contributed by atoms with Gasteiger partial charge < -0.3 is 15.8 Å². The second-order valence-corrected chi connectivity index (χ2v) is 5.78. The number of halogens is 1. The fraction of sp³-hybridized carbons (Fsp3) is 0.389. The molecule has 0 heterocycles. The first kappa shape index (κ1) is 17.8. The summed E-state index contributed by atoms with van der Waals surface area (Å²) in [4.78, 5) is 4.37. The smallest absolute Gasteiger partial charge is 0.188 e. The number of hydrogen-bond acceptors (Lipinski definition) is 2. The molecule has 5 heteroatoms. The lowest BCUT2D eigenvalue weighted by Gasteiger charge is -2.23. The van der Waals surface area contributed by atoms with Gasteiger partial charge in [-0.1, -0.05) is 42.8 Å². The molecule has 2 aromatic rings. The van der Waals surface area contributed by atoms with Gasteiger partial charge in [-0.2, -0.15) is 0 Å². The van der Waals surface area contributed by atoms with Crippen LogP contribution in [-0.4, -0.2) is 25.7 Å². The zero-order valence-corrected chi connectivity index (χ0v) is 15.5. The zero-order chi connectivity index (χ0) is 15.2. The number of nitrogens with one attached hydrogen (secondary N) is 1. The lowest BCUT2D eigenvalue weighted by molar-refractivity contribution is 0.322. The number of fused-ring (bicyclic) bond motifs is 1. The highest BCUT2D eigenvalue weighted by atomic mass is 127. The molecule has 0 bridgehead atoms. The molecule has 0 radical (unpaired) electrons. The van der Waals surface area contributed by atoms with Crippen molar-refractivity contribution in [3.8, 4) is 5.75 Å². The fourth-order valence-corrected chi connectivity index (χ4v) is 2.62. The molecule has 1 aliphatic rings. The number of benzene rings is 2. The Hall–Kier alpha value is -1.50. The highest BCUT2D eigenvalue weighted by Gasteiger charge is 2.16. The third-order valence-corrected chi connectivity index (χ3v) is 4.16. The van der Waals surface area contributed by atoms with Crippen molar-refractivity contribution in [2.75, 3.05) is 19.7 Å². The largest absolute Gasteiger partial charge is 0.491 e. The van der Waals surface area contributed by atoms with Crippen LogP contribution < -0.4 is 15.8 Å². The third-order valence-electron chi connectivity index (χ3n) is 4.16. The molecule has 0 amide bonds. The van der Waals surface area contributed by atoms with Crippen molar-refractivity contribution >= 4 is 40.7 Å². The van der Waals surface area contributed by atoms with Gasteiger partial charge in [-0.15, -0.1) is 24.0 Å². The molecule has 0 unspecified atom stereocenters. The summed E-state index contributed by atoms with van der Waals surface area (Å²) in [5, 5.41) is 5.43. The van der Waals surface area contributed by atoms with E-state index in [0.717, 1.165) is 23.6 Å². The van der Waals surface area contributed by atoms with Crippen LogP contribution in [0.4, 0.5) is 0 Å². The van der Waals surface area contributed by atoms with E-state index >= 15 is 0 Å². The van der Waals surface area contributed by atoms with E-state index in [4.69, 9.17) is 10.5 Å². The SMILES string of the molecule is I.NC(=NCC1CCC1)NCCOc1cccc2ccccc12. The lowest BCUT2D eigenvalue weighted by atomic mass is 9.86. The van der Waals surface area contributed by atoms with Crippen LogP contribution in [0.25, 0.3) is 10.8 Å². The minimum atomic E-state index is 0. The van der Waals surface area contributed by atoms with E-state index in [1.807, 2.05) is 24.3 Å². The fourth-order valence-electron chi connectivity index (χ4n) is 2.62. The second kappa shape index (κ2) is 8.96. The van der Waals surface area contributed by atoms with Crippen molar-refractivity contribution in [2.45, 2.75) is 19.3 Å². The van der Waals surface area contributed by atoms with Crippen LogP contribution >= 0.6 is 24.0 Å².